The summed E-state index contributed by atoms with van der Waals surface area (Å²) in [6.07, 6.45) is 0. The summed E-state index contributed by atoms with van der Waals surface area (Å²) in [6.45, 7) is 4.26. The molecule has 0 amide bonds. The second-order valence-corrected chi connectivity index (χ2v) is 5.93. The minimum absolute atomic E-state index is 0. The Hall–Kier alpha value is -1.48. The Morgan fingerprint density at radius 1 is 1.00 bits per heavy atom. The molecule has 1 heterocycles. The van der Waals surface area contributed by atoms with E-state index in [2.05, 4.69) is 31.3 Å². The van der Waals surface area contributed by atoms with E-state index < -0.39 is 0 Å². The molecule has 2 aromatic carbocycles. The number of benzene rings is 2. The Morgan fingerprint density at radius 3 is 2.32 bits per heavy atom. The van der Waals surface area contributed by atoms with Gasteiger partial charge in [-0.05, 0) is 43.7 Å². The summed E-state index contributed by atoms with van der Waals surface area (Å²) in [7, 11) is 0. The van der Waals surface area contributed by atoms with E-state index in [0.29, 0.717) is 6.04 Å². The molecule has 3 aromatic rings. The molecule has 4 heteroatoms. The number of rotatable bonds is 4. The van der Waals surface area contributed by atoms with Crippen LogP contribution in [0.15, 0.2) is 59.0 Å². The quantitative estimate of drug-likeness (QED) is 0.671. The van der Waals surface area contributed by atoms with Crippen LogP contribution in [0.3, 0.4) is 0 Å². The highest BCUT2D eigenvalue weighted by molar-refractivity contribution is 6.30. The Morgan fingerprint density at radius 2 is 1.68 bits per heavy atom. The third kappa shape index (κ3) is 3.64. The second-order valence-electron chi connectivity index (χ2n) is 5.49. The average molecular weight is 336 g/mol. The highest BCUT2D eigenvalue weighted by atomic mass is 35.5. The fourth-order valence-electron chi connectivity index (χ4n) is 2.48. The van der Waals surface area contributed by atoms with Crippen molar-refractivity contribution < 1.29 is 4.42 Å². The van der Waals surface area contributed by atoms with Gasteiger partial charge >= 0.3 is 0 Å². The molecule has 0 spiro atoms. The summed E-state index contributed by atoms with van der Waals surface area (Å²) in [5, 5.41) is 5.42. The predicted octanol–water partition coefficient (Wildman–Crippen LogP) is 5.60. The molecule has 1 atom stereocenters. The topological polar surface area (TPSA) is 25.2 Å². The molecule has 22 heavy (non-hydrogen) atoms. The van der Waals surface area contributed by atoms with Gasteiger partial charge < -0.3 is 9.73 Å². The summed E-state index contributed by atoms with van der Waals surface area (Å²) >= 11 is 5.99. The van der Waals surface area contributed by atoms with Gasteiger partial charge in [0.15, 0.2) is 0 Å². The van der Waals surface area contributed by atoms with Gasteiger partial charge in [-0.25, -0.2) is 0 Å². The number of fused-ring (bicyclic) bond motifs is 1. The lowest BCUT2D eigenvalue weighted by Crippen LogP contribution is -2.28. The van der Waals surface area contributed by atoms with E-state index in [1.54, 1.807) is 0 Å². The molecule has 0 fully saturated rings. The van der Waals surface area contributed by atoms with Gasteiger partial charge in [-0.1, -0.05) is 41.9 Å². The highest BCUT2D eigenvalue weighted by Crippen LogP contribution is 2.29. The maximum atomic E-state index is 6.02. The number of hydrogen-bond donors (Lipinski definition) is 1. The molecule has 0 saturated carbocycles. The summed E-state index contributed by atoms with van der Waals surface area (Å²) in [4.78, 5) is 0. The maximum absolute atomic E-state index is 6.02. The van der Waals surface area contributed by atoms with E-state index in [-0.39, 0.29) is 18.4 Å². The first-order valence-electron chi connectivity index (χ1n) is 7.13. The average Bonchev–Trinajstić information content (AvgIpc) is 2.89. The van der Waals surface area contributed by atoms with Gasteiger partial charge in [0.1, 0.15) is 11.3 Å². The maximum Gasteiger partial charge on any atom is 0.134 e. The second kappa shape index (κ2) is 7.19. The van der Waals surface area contributed by atoms with Crippen molar-refractivity contribution in [1.82, 2.24) is 5.32 Å². The van der Waals surface area contributed by atoms with Crippen molar-refractivity contribution in [3.63, 3.8) is 0 Å². The van der Waals surface area contributed by atoms with Crippen LogP contribution in [0.5, 0.6) is 0 Å². The van der Waals surface area contributed by atoms with E-state index in [1.807, 2.05) is 42.5 Å². The van der Waals surface area contributed by atoms with Gasteiger partial charge in [0.05, 0.1) is 6.04 Å². The Labute approximate surface area is 141 Å². The van der Waals surface area contributed by atoms with E-state index in [9.17, 15) is 0 Å². The predicted molar refractivity (Wildman–Crippen MR) is 95.0 cm³/mol. The monoisotopic (exact) mass is 335 g/mol. The van der Waals surface area contributed by atoms with Gasteiger partial charge in [-0.15, -0.1) is 12.4 Å². The lowest BCUT2D eigenvalue weighted by atomic mass is 10.0. The number of nitrogens with one attached hydrogen (secondary N) is 1. The van der Waals surface area contributed by atoms with Crippen molar-refractivity contribution in [3.8, 4) is 0 Å². The van der Waals surface area contributed by atoms with Crippen molar-refractivity contribution in [2.45, 2.75) is 25.9 Å². The van der Waals surface area contributed by atoms with Crippen LogP contribution < -0.4 is 5.32 Å². The van der Waals surface area contributed by atoms with E-state index in [4.69, 9.17) is 16.0 Å². The number of para-hydroxylation sites is 1. The van der Waals surface area contributed by atoms with Gasteiger partial charge in [-0.3, -0.25) is 0 Å². The van der Waals surface area contributed by atoms with Crippen LogP contribution in [0, 0.1) is 0 Å². The zero-order chi connectivity index (χ0) is 14.8. The fraction of sp³-hybridized carbons (Fsp3) is 0.222. The van der Waals surface area contributed by atoms with E-state index in [1.165, 1.54) is 0 Å². The molecule has 0 bridgehead atoms. The summed E-state index contributed by atoms with van der Waals surface area (Å²) in [5.41, 5.74) is 2.06. The van der Waals surface area contributed by atoms with Crippen molar-refractivity contribution in [2.75, 3.05) is 0 Å². The van der Waals surface area contributed by atoms with Crippen LogP contribution in [-0.4, -0.2) is 6.04 Å². The number of halogens is 2. The van der Waals surface area contributed by atoms with Crippen LogP contribution in [0.25, 0.3) is 11.0 Å². The third-order valence-electron chi connectivity index (χ3n) is 3.43. The molecule has 2 nitrogen and oxygen atoms in total. The minimum Gasteiger partial charge on any atom is -0.459 e. The van der Waals surface area contributed by atoms with Crippen molar-refractivity contribution in [2.24, 2.45) is 0 Å². The normalized spacial score (nSPS) is 12.4. The first kappa shape index (κ1) is 16.9. The molecule has 116 valence electrons. The Balaban J connectivity index is 0.00000176. The Kier molecular flexibility index (Phi) is 5.52. The molecule has 1 unspecified atom stereocenters. The number of hydrogen-bond acceptors (Lipinski definition) is 2. The minimum atomic E-state index is 0. The lowest BCUT2D eigenvalue weighted by Gasteiger charge is -2.19. The molecule has 0 radical (unpaired) electrons. The van der Waals surface area contributed by atoms with Crippen LogP contribution in [0.2, 0.25) is 5.02 Å². The fourth-order valence-corrected chi connectivity index (χ4v) is 2.60. The molecule has 1 N–H and O–H groups in total. The standard InChI is InChI=1S/C18H18ClNO.ClH/c1-12(2)20-18(13-7-9-15(19)10-8-13)17-11-14-5-3-4-6-16(14)21-17;/h3-12,18,20H,1-2H3;1H. The summed E-state index contributed by atoms with van der Waals surface area (Å²) in [6, 6.07) is 18.4. The number of furan rings is 1. The van der Waals surface area contributed by atoms with Crippen molar-refractivity contribution in [1.29, 1.82) is 0 Å². The smallest absolute Gasteiger partial charge is 0.134 e. The molecule has 0 aliphatic heterocycles. The summed E-state index contributed by atoms with van der Waals surface area (Å²) in [5.74, 6) is 0.923. The molecule has 0 aliphatic rings. The van der Waals surface area contributed by atoms with Crippen LogP contribution in [0.4, 0.5) is 0 Å². The molecular formula is C18H19Cl2NO. The first-order valence-corrected chi connectivity index (χ1v) is 7.51. The molecule has 0 saturated heterocycles. The molecule has 1 aromatic heterocycles. The zero-order valence-corrected chi connectivity index (χ0v) is 14.1. The van der Waals surface area contributed by atoms with E-state index in [0.717, 1.165) is 27.3 Å². The Bertz CT molecular complexity index is 701. The third-order valence-corrected chi connectivity index (χ3v) is 3.68. The van der Waals surface area contributed by atoms with Crippen LogP contribution >= 0.6 is 24.0 Å². The van der Waals surface area contributed by atoms with Gasteiger partial charge in [0, 0.05) is 16.5 Å². The van der Waals surface area contributed by atoms with Gasteiger partial charge in [-0.2, -0.15) is 0 Å². The van der Waals surface area contributed by atoms with Gasteiger partial charge in [0.25, 0.3) is 0 Å². The lowest BCUT2D eigenvalue weighted by molar-refractivity contribution is 0.441. The zero-order valence-electron chi connectivity index (χ0n) is 12.5. The molecule has 0 aliphatic carbocycles. The SMILES string of the molecule is CC(C)NC(c1ccc(Cl)cc1)c1cc2ccccc2o1.Cl. The first-order chi connectivity index (χ1) is 10.1. The molecule has 3 rings (SSSR count). The summed E-state index contributed by atoms with van der Waals surface area (Å²) < 4.78 is 6.02. The van der Waals surface area contributed by atoms with E-state index >= 15 is 0 Å². The highest BCUT2D eigenvalue weighted by Gasteiger charge is 2.19. The van der Waals surface area contributed by atoms with Gasteiger partial charge in [0.2, 0.25) is 0 Å². The van der Waals surface area contributed by atoms with Crippen LogP contribution in [-0.2, 0) is 0 Å². The largest absolute Gasteiger partial charge is 0.459 e. The van der Waals surface area contributed by atoms with Crippen molar-refractivity contribution in [3.05, 3.63) is 70.9 Å². The molecular weight excluding hydrogens is 317 g/mol. The van der Waals surface area contributed by atoms with Crippen LogP contribution in [0.1, 0.15) is 31.2 Å². The van der Waals surface area contributed by atoms with Crippen molar-refractivity contribution >= 4 is 35.0 Å².